The number of rotatable bonds is 4. The summed E-state index contributed by atoms with van der Waals surface area (Å²) in [5, 5.41) is 3.69. The summed E-state index contributed by atoms with van der Waals surface area (Å²) in [6.45, 7) is 2.68. The van der Waals surface area contributed by atoms with E-state index in [-0.39, 0.29) is 5.91 Å². The molecule has 1 heterocycles. The van der Waals surface area contributed by atoms with Gasteiger partial charge in [-0.1, -0.05) is 11.4 Å². The summed E-state index contributed by atoms with van der Waals surface area (Å²) in [5.74, 6) is -0.0726. The van der Waals surface area contributed by atoms with E-state index in [1.807, 2.05) is 19.1 Å². The Hall–Kier alpha value is -1.95. The highest BCUT2D eigenvalue weighted by atomic mass is 32.1. The largest absolute Gasteiger partial charge is 0.399 e. The van der Waals surface area contributed by atoms with Crippen LogP contribution in [0.5, 0.6) is 0 Å². The number of hydrogen-bond donors (Lipinski definition) is 1. The molecule has 0 aliphatic carbocycles. The standard InChI is InChI=1S/C12H14N4OS/c1-2-7-16(10-5-3-9(13)4-6-10)12(17)11-8-14-15-18-11/h3-6,8H,2,7,13H2,1H3. The fourth-order valence-electron chi connectivity index (χ4n) is 1.62. The second-order valence-electron chi connectivity index (χ2n) is 3.83. The van der Waals surface area contributed by atoms with E-state index in [0.717, 1.165) is 23.6 Å². The Morgan fingerprint density at radius 2 is 2.11 bits per heavy atom. The number of nitrogen functional groups attached to an aromatic ring is 1. The van der Waals surface area contributed by atoms with E-state index in [0.29, 0.717) is 17.1 Å². The van der Waals surface area contributed by atoms with E-state index in [4.69, 9.17) is 5.73 Å². The highest BCUT2D eigenvalue weighted by Crippen LogP contribution is 2.20. The summed E-state index contributed by atoms with van der Waals surface area (Å²) < 4.78 is 3.72. The molecule has 1 aromatic heterocycles. The topological polar surface area (TPSA) is 72.1 Å². The van der Waals surface area contributed by atoms with E-state index in [2.05, 4.69) is 9.59 Å². The molecule has 2 rings (SSSR count). The molecular weight excluding hydrogens is 248 g/mol. The minimum atomic E-state index is -0.0726. The van der Waals surface area contributed by atoms with Crippen molar-refractivity contribution in [3.05, 3.63) is 35.3 Å². The normalized spacial score (nSPS) is 10.3. The van der Waals surface area contributed by atoms with Gasteiger partial charge in [0.25, 0.3) is 5.91 Å². The van der Waals surface area contributed by atoms with Gasteiger partial charge in [0.1, 0.15) is 4.88 Å². The van der Waals surface area contributed by atoms with Crippen LogP contribution in [-0.4, -0.2) is 22.0 Å². The van der Waals surface area contributed by atoms with Gasteiger partial charge in [-0.05, 0) is 42.2 Å². The van der Waals surface area contributed by atoms with Gasteiger partial charge in [-0.15, -0.1) is 5.10 Å². The van der Waals surface area contributed by atoms with Crippen molar-refractivity contribution in [1.82, 2.24) is 9.59 Å². The maximum atomic E-state index is 12.3. The molecule has 18 heavy (non-hydrogen) atoms. The molecule has 0 saturated heterocycles. The number of nitrogens with zero attached hydrogens (tertiary/aromatic N) is 3. The van der Waals surface area contributed by atoms with Crippen LogP contribution in [0.4, 0.5) is 11.4 Å². The van der Waals surface area contributed by atoms with Gasteiger partial charge in [0.15, 0.2) is 0 Å². The van der Waals surface area contributed by atoms with Gasteiger partial charge in [0, 0.05) is 17.9 Å². The van der Waals surface area contributed by atoms with Crippen LogP contribution in [0, 0.1) is 0 Å². The predicted molar refractivity (Wildman–Crippen MR) is 72.7 cm³/mol. The van der Waals surface area contributed by atoms with E-state index < -0.39 is 0 Å². The first-order chi connectivity index (χ1) is 8.72. The van der Waals surface area contributed by atoms with Crippen molar-refractivity contribution in [3.8, 4) is 0 Å². The van der Waals surface area contributed by atoms with E-state index in [9.17, 15) is 4.79 Å². The van der Waals surface area contributed by atoms with Gasteiger partial charge < -0.3 is 10.6 Å². The Kier molecular flexibility index (Phi) is 3.88. The first kappa shape index (κ1) is 12.5. The fourth-order valence-corrected chi connectivity index (χ4v) is 2.08. The van der Waals surface area contributed by atoms with E-state index >= 15 is 0 Å². The molecule has 0 saturated carbocycles. The van der Waals surface area contributed by atoms with Crippen LogP contribution in [0.3, 0.4) is 0 Å². The SMILES string of the molecule is CCCN(C(=O)c1cnns1)c1ccc(N)cc1. The van der Waals surface area contributed by atoms with Crippen molar-refractivity contribution in [2.45, 2.75) is 13.3 Å². The van der Waals surface area contributed by atoms with Crippen molar-refractivity contribution in [3.63, 3.8) is 0 Å². The molecule has 0 spiro atoms. The molecule has 2 N–H and O–H groups in total. The van der Waals surface area contributed by atoms with Gasteiger partial charge in [0.05, 0.1) is 6.20 Å². The Morgan fingerprint density at radius 3 is 2.67 bits per heavy atom. The lowest BCUT2D eigenvalue weighted by Gasteiger charge is -2.21. The molecule has 1 amide bonds. The van der Waals surface area contributed by atoms with Crippen LogP contribution in [0.15, 0.2) is 30.5 Å². The zero-order chi connectivity index (χ0) is 13.0. The minimum absolute atomic E-state index is 0.0726. The Morgan fingerprint density at radius 1 is 1.39 bits per heavy atom. The number of carbonyl (C=O) groups excluding carboxylic acids is 1. The summed E-state index contributed by atoms with van der Waals surface area (Å²) in [6, 6.07) is 7.26. The second kappa shape index (κ2) is 5.59. The highest BCUT2D eigenvalue weighted by molar-refractivity contribution is 7.07. The first-order valence-corrected chi connectivity index (χ1v) is 6.44. The van der Waals surface area contributed by atoms with Crippen molar-refractivity contribution < 1.29 is 4.79 Å². The zero-order valence-electron chi connectivity index (χ0n) is 10.0. The molecule has 0 aliphatic heterocycles. The maximum absolute atomic E-state index is 12.3. The molecule has 0 bridgehead atoms. The van der Waals surface area contributed by atoms with Gasteiger partial charge in [-0.2, -0.15) is 0 Å². The quantitative estimate of drug-likeness (QED) is 0.857. The summed E-state index contributed by atoms with van der Waals surface area (Å²) >= 11 is 1.11. The lowest BCUT2D eigenvalue weighted by molar-refractivity contribution is 0.0990. The van der Waals surface area contributed by atoms with Gasteiger partial charge in [-0.25, -0.2) is 0 Å². The molecule has 0 fully saturated rings. The summed E-state index contributed by atoms with van der Waals surface area (Å²) in [4.78, 5) is 14.6. The molecule has 0 unspecified atom stereocenters. The number of aromatic nitrogens is 2. The van der Waals surface area contributed by atoms with Crippen LogP contribution in [0.25, 0.3) is 0 Å². The smallest absolute Gasteiger partial charge is 0.271 e. The number of benzene rings is 1. The lowest BCUT2D eigenvalue weighted by atomic mass is 10.2. The van der Waals surface area contributed by atoms with E-state index in [1.54, 1.807) is 17.0 Å². The minimum Gasteiger partial charge on any atom is -0.399 e. The number of nitrogens with two attached hydrogens (primary N) is 1. The molecule has 1 aromatic carbocycles. The molecule has 94 valence electrons. The second-order valence-corrected chi connectivity index (χ2v) is 4.62. The third-order valence-electron chi connectivity index (χ3n) is 2.47. The van der Waals surface area contributed by atoms with Crippen molar-refractivity contribution >= 4 is 28.8 Å². The van der Waals surface area contributed by atoms with Crippen LogP contribution in [-0.2, 0) is 0 Å². The average Bonchev–Trinajstić information content (AvgIpc) is 2.90. The Labute approximate surface area is 109 Å². The average molecular weight is 262 g/mol. The molecule has 2 aromatic rings. The predicted octanol–water partition coefficient (Wildman–Crippen LogP) is 2.18. The number of amides is 1. The fraction of sp³-hybridized carbons (Fsp3) is 0.250. The number of anilines is 2. The van der Waals surface area contributed by atoms with Gasteiger partial charge in [0.2, 0.25) is 0 Å². The van der Waals surface area contributed by atoms with Crippen LogP contribution >= 0.6 is 11.5 Å². The zero-order valence-corrected chi connectivity index (χ0v) is 10.9. The van der Waals surface area contributed by atoms with Gasteiger partial charge in [-0.3, -0.25) is 4.79 Å². The van der Waals surface area contributed by atoms with Crippen molar-refractivity contribution in [2.24, 2.45) is 0 Å². The van der Waals surface area contributed by atoms with Crippen LogP contribution < -0.4 is 10.6 Å². The third kappa shape index (κ3) is 2.65. The maximum Gasteiger partial charge on any atom is 0.271 e. The van der Waals surface area contributed by atoms with Crippen LogP contribution in [0.2, 0.25) is 0 Å². The summed E-state index contributed by atoms with van der Waals surface area (Å²) in [6.07, 6.45) is 2.37. The van der Waals surface area contributed by atoms with E-state index in [1.165, 1.54) is 6.20 Å². The molecule has 0 aliphatic rings. The van der Waals surface area contributed by atoms with Gasteiger partial charge >= 0.3 is 0 Å². The lowest BCUT2D eigenvalue weighted by Crippen LogP contribution is -2.31. The number of carbonyl (C=O) groups is 1. The van der Waals surface area contributed by atoms with Crippen LogP contribution in [0.1, 0.15) is 23.0 Å². The molecule has 6 heteroatoms. The Balaban J connectivity index is 2.28. The summed E-state index contributed by atoms with van der Waals surface area (Å²) in [7, 11) is 0. The van der Waals surface area contributed by atoms with Crippen molar-refractivity contribution in [1.29, 1.82) is 0 Å². The molecule has 5 nitrogen and oxygen atoms in total. The molecular formula is C12H14N4OS. The summed E-state index contributed by atoms with van der Waals surface area (Å²) in [5.41, 5.74) is 7.17. The van der Waals surface area contributed by atoms with Crippen molar-refractivity contribution in [2.75, 3.05) is 17.2 Å². The molecule has 0 atom stereocenters. The Bertz CT molecular complexity index is 509. The monoisotopic (exact) mass is 262 g/mol. The number of hydrogen-bond acceptors (Lipinski definition) is 5. The molecule has 0 radical (unpaired) electrons. The third-order valence-corrected chi connectivity index (χ3v) is 3.12. The first-order valence-electron chi connectivity index (χ1n) is 5.67. The highest BCUT2D eigenvalue weighted by Gasteiger charge is 2.18.